The molecule has 0 saturated carbocycles. The fraction of sp³-hybridized carbons (Fsp3) is 0.190. The van der Waals surface area contributed by atoms with Crippen molar-refractivity contribution in [3.63, 3.8) is 0 Å². The quantitative estimate of drug-likeness (QED) is 0.121. The van der Waals surface area contributed by atoms with E-state index in [-0.39, 0.29) is 28.4 Å². The second-order valence-corrected chi connectivity index (χ2v) is 30.0. The molecule has 1 aromatic heterocycles. The van der Waals surface area contributed by atoms with Crippen LogP contribution < -0.4 is 25.5 Å². The first-order chi connectivity index (χ1) is 42.2. The second kappa shape index (κ2) is 20.3. The van der Waals surface area contributed by atoms with Crippen molar-refractivity contribution >= 4 is 110 Å². The molecule has 4 heteroatoms. The lowest BCUT2D eigenvalue weighted by atomic mass is 9.36. The topological polar surface area (TPSA) is 6.48 Å². The Morgan fingerprint density at radius 3 is 1.33 bits per heavy atom. The highest BCUT2D eigenvalue weighted by molar-refractivity contribution is 7.33. The standard InChI is InChI=1S/C84H75BN2S/c1-81(2,3)57-38-34-52(35-39-57)55-37-43-73-71(47-55)85-77-74(86(73)72-44-40-58(82(4,5)6)48-66(72)56-36-42-65-63-30-20-19-28-61(63)62-29-21-22-31-64(62)69(65)46-56)32-23-33-75(77)87(79-70-49-59(83(7,8)9)41-45-76(70)88-80(79)85)78-67(53-24-15-13-16-25-53)50-60(84(10,11)12)51-68(78)54-26-17-14-18-27-54/h13-51H,1-12H3. The number of benzene rings is 12. The number of anilines is 6. The van der Waals surface area contributed by atoms with E-state index in [2.05, 4.69) is 329 Å². The van der Waals surface area contributed by atoms with Crippen LogP contribution in [0, 0.1) is 0 Å². The summed E-state index contributed by atoms with van der Waals surface area (Å²) < 4.78 is 2.65. The summed E-state index contributed by atoms with van der Waals surface area (Å²) in [5.41, 5.74) is 24.4. The third kappa shape index (κ3) is 9.12. The third-order valence-electron chi connectivity index (χ3n) is 19.1. The van der Waals surface area contributed by atoms with Crippen molar-refractivity contribution in [1.82, 2.24) is 0 Å². The molecule has 15 rings (SSSR count). The fourth-order valence-electron chi connectivity index (χ4n) is 14.2. The summed E-state index contributed by atoms with van der Waals surface area (Å²) >= 11 is 1.98. The van der Waals surface area contributed by atoms with Gasteiger partial charge in [0.2, 0.25) is 0 Å². The van der Waals surface area contributed by atoms with E-state index in [9.17, 15) is 0 Å². The van der Waals surface area contributed by atoms with E-state index in [1.165, 1.54) is 153 Å². The molecule has 2 aliphatic rings. The lowest BCUT2D eigenvalue weighted by Crippen LogP contribution is -2.60. The molecule has 0 bridgehead atoms. The van der Waals surface area contributed by atoms with Crippen molar-refractivity contribution in [3.8, 4) is 44.5 Å². The van der Waals surface area contributed by atoms with Gasteiger partial charge in [-0.05, 0) is 176 Å². The van der Waals surface area contributed by atoms with Crippen LogP contribution in [0.25, 0.3) is 86.9 Å². The minimum absolute atomic E-state index is 0.0351. The molecule has 430 valence electrons. The summed E-state index contributed by atoms with van der Waals surface area (Å²) in [6.07, 6.45) is 0. The molecular weight excluding hydrogens is 1080 g/mol. The summed E-state index contributed by atoms with van der Waals surface area (Å²) in [4.78, 5) is 5.38. The summed E-state index contributed by atoms with van der Waals surface area (Å²) in [5, 5.41) is 8.94. The van der Waals surface area contributed by atoms with E-state index in [1.54, 1.807) is 0 Å². The molecule has 13 aromatic rings. The molecule has 0 fully saturated rings. The molecule has 12 aromatic carbocycles. The smallest absolute Gasteiger partial charge is 0.264 e. The SMILES string of the molecule is CC(C)(C)c1ccc(-c2ccc3c(c2)B2c4sc5ccc(C(C)(C)C)cc5c4N(c4c(-c5ccccc5)cc(C(C)(C)C)cc4-c4ccccc4)c4cccc(c42)N3c2ccc(C(C)(C)C)cc2-c2ccc3c4ccccc4c4ccccc4c3c2)cc1. The van der Waals surface area contributed by atoms with Crippen LogP contribution in [0.15, 0.2) is 237 Å². The van der Waals surface area contributed by atoms with Crippen LogP contribution in [0.1, 0.15) is 105 Å². The Bertz CT molecular complexity index is 4850. The summed E-state index contributed by atoms with van der Waals surface area (Å²) in [6, 6.07) is 91.2. The highest BCUT2D eigenvalue weighted by Gasteiger charge is 2.47. The van der Waals surface area contributed by atoms with Gasteiger partial charge in [0.05, 0.1) is 17.1 Å². The number of hydrogen-bond acceptors (Lipinski definition) is 3. The van der Waals surface area contributed by atoms with Gasteiger partial charge in [-0.3, -0.25) is 0 Å². The number of fused-ring (bicyclic) bond motifs is 12. The predicted octanol–water partition coefficient (Wildman–Crippen LogP) is 22.3. The Hall–Kier alpha value is -8.96. The summed E-state index contributed by atoms with van der Waals surface area (Å²) in [7, 11) is 0. The van der Waals surface area contributed by atoms with E-state index in [0.717, 1.165) is 5.69 Å². The van der Waals surface area contributed by atoms with Crippen LogP contribution in [0.5, 0.6) is 0 Å². The Morgan fingerprint density at radius 2 is 0.750 bits per heavy atom. The van der Waals surface area contributed by atoms with Crippen LogP contribution in [-0.2, 0) is 21.7 Å². The zero-order chi connectivity index (χ0) is 60.8. The van der Waals surface area contributed by atoms with Gasteiger partial charge in [0.25, 0.3) is 6.71 Å². The number of hydrogen-bond donors (Lipinski definition) is 0. The van der Waals surface area contributed by atoms with Crippen LogP contribution in [-0.4, -0.2) is 6.71 Å². The molecule has 0 spiro atoms. The lowest BCUT2D eigenvalue weighted by Gasteiger charge is -2.44. The average Bonchev–Trinajstić information content (AvgIpc) is 1.25. The van der Waals surface area contributed by atoms with Gasteiger partial charge in [0.1, 0.15) is 0 Å². The molecule has 0 N–H and O–H groups in total. The summed E-state index contributed by atoms with van der Waals surface area (Å²) in [6.45, 7) is 28.0. The number of thiophene rings is 1. The molecule has 0 aliphatic carbocycles. The molecule has 0 radical (unpaired) electrons. The van der Waals surface area contributed by atoms with Crippen molar-refractivity contribution < 1.29 is 0 Å². The van der Waals surface area contributed by atoms with E-state index < -0.39 is 0 Å². The summed E-state index contributed by atoms with van der Waals surface area (Å²) in [5.74, 6) is 0. The Kier molecular flexibility index (Phi) is 12.8. The van der Waals surface area contributed by atoms with E-state index in [4.69, 9.17) is 0 Å². The van der Waals surface area contributed by atoms with Crippen molar-refractivity contribution in [3.05, 3.63) is 259 Å². The molecule has 0 atom stereocenters. The zero-order valence-electron chi connectivity index (χ0n) is 52.9. The monoisotopic (exact) mass is 1150 g/mol. The van der Waals surface area contributed by atoms with Crippen molar-refractivity contribution in [2.24, 2.45) is 0 Å². The molecule has 0 saturated heterocycles. The molecule has 0 amide bonds. The van der Waals surface area contributed by atoms with E-state index >= 15 is 0 Å². The molecule has 0 unspecified atom stereocenters. The van der Waals surface area contributed by atoms with Crippen molar-refractivity contribution in [2.45, 2.75) is 105 Å². The van der Waals surface area contributed by atoms with Crippen LogP contribution in [0.3, 0.4) is 0 Å². The maximum atomic E-state index is 2.73. The van der Waals surface area contributed by atoms with Crippen LogP contribution >= 0.6 is 11.3 Å². The highest BCUT2D eigenvalue weighted by Crippen LogP contribution is 2.55. The second-order valence-electron chi connectivity index (χ2n) is 28.9. The first-order valence-electron chi connectivity index (χ1n) is 31.5. The van der Waals surface area contributed by atoms with Gasteiger partial charge < -0.3 is 9.80 Å². The predicted molar refractivity (Wildman–Crippen MR) is 385 cm³/mol. The van der Waals surface area contributed by atoms with Crippen molar-refractivity contribution in [1.29, 1.82) is 0 Å². The molecule has 2 nitrogen and oxygen atoms in total. The van der Waals surface area contributed by atoms with Crippen molar-refractivity contribution in [2.75, 3.05) is 9.80 Å². The van der Waals surface area contributed by atoms with Gasteiger partial charge in [0, 0.05) is 48.6 Å². The largest absolute Gasteiger partial charge is 0.311 e. The Labute approximate surface area is 524 Å². The molecule has 3 heterocycles. The van der Waals surface area contributed by atoms with Gasteiger partial charge in [-0.25, -0.2) is 0 Å². The van der Waals surface area contributed by atoms with Gasteiger partial charge in [-0.15, -0.1) is 11.3 Å². The Balaban J connectivity index is 1.07. The van der Waals surface area contributed by atoms with Crippen LogP contribution in [0.4, 0.5) is 34.1 Å². The number of nitrogens with zero attached hydrogens (tertiary/aromatic N) is 2. The van der Waals surface area contributed by atoms with Gasteiger partial charge in [-0.2, -0.15) is 0 Å². The van der Waals surface area contributed by atoms with E-state index in [1.807, 2.05) is 11.3 Å². The Morgan fingerprint density at radius 1 is 0.284 bits per heavy atom. The first-order valence-corrected chi connectivity index (χ1v) is 32.3. The maximum Gasteiger partial charge on any atom is 0.264 e. The minimum atomic E-state index is -0.131. The minimum Gasteiger partial charge on any atom is -0.311 e. The lowest BCUT2D eigenvalue weighted by molar-refractivity contribution is 0.590. The first kappa shape index (κ1) is 55.6. The molecule has 88 heavy (non-hydrogen) atoms. The van der Waals surface area contributed by atoms with E-state index in [0.29, 0.717) is 0 Å². The van der Waals surface area contributed by atoms with Gasteiger partial charge >= 0.3 is 0 Å². The van der Waals surface area contributed by atoms with Gasteiger partial charge in [-0.1, -0.05) is 259 Å². The molecular formula is C84H75BN2S. The maximum absolute atomic E-state index is 2.73. The molecule has 2 aliphatic heterocycles. The van der Waals surface area contributed by atoms with Crippen LogP contribution in [0.2, 0.25) is 0 Å². The normalized spacial score (nSPS) is 13.4. The average molecular weight is 1160 g/mol. The van der Waals surface area contributed by atoms with Gasteiger partial charge in [0.15, 0.2) is 0 Å². The zero-order valence-corrected chi connectivity index (χ0v) is 53.7. The fourth-order valence-corrected chi connectivity index (χ4v) is 15.5. The number of rotatable bonds is 6. The third-order valence-corrected chi connectivity index (χ3v) is 20.3. The highest BCUT2D eigenvalue weighted by atomic mass is 32.1.